The zero-order valence-corrected chi connectivity index (χ0v) is 11.0. The average Bonchev–Trinajstić information content (AvgIpc) is 2.46. The summed E-state index contributed by atoms with van der Waals surface area (Å²) in [5, 5.41) is 11.5. The number of aromatic nitrogens is 2. The van der Waals surface area contributed by atoms with Crippen LogP contribution in [-0.2, 0) is 12.8 Å². The van der Waals surface area contributed by atoms with Gasteiger partial charge < -0.3 is 15.2 Å². The van der Waals surface area contributed by atoms with Crippen LogP contribution in [0.25, 0.3) is 0 Å². The van der Waals surface area contributed by atoms with Crippen LogP contribution in [0.1, 0.15) is 11.4 Å². The first-order valence-corrected chi connectivity index (χ1v) is 5.94. The van der Waals surface area contributed by atoms with Gasteiger partial charge in [-0.15, -0.1) is 0 Å². The van der Waals surface area contributed by atoms with Gasteiger partial charge in [0.15, 0.2) is 0 Å². The van der Waals surface area contributed by atoms with Gasteiger partial charge in [-0.3, -0.25) is 0 Å². The fourth-order valence-corrected chi connectivity index (χ4v) is 1.56. The minimum Gasteiger partial charge on any atom is -0.439 e. The molecule has 0 aliphatic heterocycles. The molecule has 0 aliphatic carbocycles. The summed E-state index contributed by atoms with van der Waals surface area (Å²) in [5.74, 6) is -1.26. The van der Waals surface area contributed by atoms with E-state index in [1.807, 2.05) is 0 Å². The van der Waals surface area contributed by atoms with E-state index in [4.69, 9.17) is 9.84 Å². The number of aliphatic hydroxyl groups excluding tert-OH is 1. The lowest BCUT2D eigenvalue weighted by Gasteiger charge is -2.11. The summed E-state index contributed by atoms with van der Waals surface area (Å²) in [6.45, 7) is -0.198. The number of ether oxygens (including phenoxy) is 1. The smallest absolute Gasteiger partial charge is 0.439 e. The largest absolute Gasteiger partial charge is 0.451 e. The van der Waals surface area contributed by atoms with E-state index >= 15 is 0 Å². The first-order chi connectivity index (χ1) is 9.92. The molecular weight excluding hydrogens is 287 g/mol. The topological polar surface area (TPSA) is 67.3 Å². The second kappa shape index (κ2) is 5.96. The van der Waals surface area contributed by atoms with Crippen LogP contribution in [0.15, 0.2) is 30.3 Å². The fraction of sp³-hybridized carbons (Fsp3) is 0.231. The summed E-state index contributed by atoms with van der Waals surface area (Å²) in [7, 11) is 1.44. The lowest BCUT2D eigenvalue weighted by atomic mass is 10.2. The number of hydrogen-bond donors (Lipinski definition) is 2. The van der Waals surface area contributed by atoms with Crippen LogP contribution in [0.4, 0.5) is 19.0 Å². The van der Waals surface area contributed by atoms with Gasteiger partial charge in [0, 0.05) is 13.1 Å². The molecule has 0 atom stereocenters. The SMILES string of the molecule is CNc1cc(Oc2cccc(CO)c2)nc(C(F)(F)F)n1. The monoisotopic (exact) mass is 299 g/mol. The number of benzene rings is 1. The Balaban J connectivity index is 2.34. The van der Waals surface area contributed by atoms with Crippen LogP contribution in [0.5, 0.6) is 11.6 Å². The Kier molecular flexibility index (Phi) is 4.27. The van der Waals surface area contributed by atoms with E-state index in [9.17, 15) is 13.2 Å². The average molecular weight is 299 g/mol. The molecule has 2 rings (SSSR count). The number of anilines is 1. The molecule has 1 aromatic heterocycles. The highest BCUT2D eigenvalue weighted by atomic mass is 19.4. The van der Waals surface area contributed by atoms with E-state index in [0.717, 1.165) is 0 Å². The summed E-state index contributed by atoms with van der Waals surface area (Å²) < 4.78 is 43.4. The van der Waals surface area contributed by atoms with E-state index < -0.39 is 12.0 Å². The minimum absolute atomic E-state index is 0.00867. The summed E-state index contributed by atoms with van der Waals surface area (Å²) >= 11 is 0. The van der Waals surface area contributed by atoms with E-state index in [0.29, 0.717) is 5.56 Å². The van der Waals surface area contributed by atoms with Crippen molar-refractivity contribution in [2.45, 2.75) is 12.8 Å². The van der Waals surface area contributed by atoms with Crippen molar-refractivity contribution in [2.75, 3.05) is 12.4 Å². The second-order valence-corrected chi connectivity index (χ2v) is 4.07. The van der Waals surface area contributed by atoms with Crippen molar-refractivity contribution >= 4 is 5.82 Å². The highest BCUT2D eigenvalue weighted by molar-refractivity contribution is 5.40. The Morgan fingerprint density at radius 1 is 1.24 bits per heavy atom. The molecule has 2 N–H and O–H groups in total. The van der Waals surface area contributed by atoms with Gasteiger partial charge in [0.2, 0.25) is 11.7 Å². The minimum atomic E-state index is -4.67. The Hall–Kier alpha value is -2.35. The molecule has 1 aromatic carbocycles. The van der Waals surface area contributed by atoms with Gasteiger partial charge >= 0.3 is 6.18 Å². The lowest BCUT2D eigenvalue weighted by molar-refractivity contribution is -0.145. The molecule has 0 spiro atoms. The molecule has 1 heterocycles. The quantitative estimate of drug-likeness (QED) is 0.908. The van der Waals surface area contributed by atoms with Gasteiger partial charge in [-0.2, -0.15) is 18.2 Å². The fourth-order valence-electron chi connectivity index (χ4n) is 1.56. The van der Waals surface area contributed by atoms with Crippen LogP contribution < -0.4 is 10.1 Å². The Morgan fingerprint density at radius 3 is 2.62 bits per heavy atom. The second-order valence-electron chi connectivity index (χ2n) is 4.07. The highest BCUT2D eigenvalue weighted by Crippen LogP contribution is 2.30. The van der Waals surface area contributed by atoms with Crippen LogP contribution in [-0.4, -0.2) is 22.1 Å². The van der Waals surface area contributed by atoms with Crippen molar-refractivity contribution in [1.82, 2.24) is 9.97 Å². The van der Waals surface area contributed by atoms with Crippen molar-refractivity contribution in [1.29, 1.82) is 0 Å². The number of rotatable bonds is 4. The predicted octanol–water partition coefficient (Wildman–Crippen LogP) is 2.82. The van der Waals surface area contributed by atoms with Crippen molar-refractivity contribution in [3.05, 3.63) is 41.7 Å². The maximum absolute atomic E-state index is 12.7. The number of alkyl halides is 3. The molecule has 2 aromatic rings. The van der Waals surface area contributed by atoms with Gasteiger partial charge in [-0.05, 0) is 17.7 Å². The van der Waals surface area contributed by atoms with Crippen molar-refractivity contribution in [2.24, 2.45) is 0 Å². The zero-order valence-electron chi connectivity index (χ0n) is 11.0. The first kappa shape index (κ1) is 15.0. The molecule has 0 bridgehead atoms. The summed E-state index contributed by atoms with van der Waals surface area (Å²) in [6.07, 6.45) is -4.67. The summed E-state index contributed by atoms with van der Waals surface area (Å²) in [5.41, 5.74) is 0.575. The molecule has 0 aliphatic rings. The van der Waals surface area contributed by atoms with Gasteiger partial charge in [-0.1, -0.05) is 12.1 Å². The molecule has 5 nitrogen and oxygen atoms in total. The molecule has 112 valence electrons. The van der Waals surface area contributed by atoms with Crippen LogP contribution in [0.2, 0.25) is 0 Å². The lowest BCUT2D eigenvalue weighted by Crippen LogP contribution is -2.12. The van der Waals surface area contributed by atoms with Crippen molar-refractivity contribution in [3.63, 3.8) is 0 Å². The van der Waals surface area contributed by atoms with Gasteiger partial charge in [0.05, 0.1) is 6.61 Å². The zero-order chi connectivity index (χ0) is 15.5. The first-order valence-electron chi connectivity index (χ1n) is 5.94. The highest BCUT2D eigenvalue weighted by Gasteiger charge is 2.35. The van der Waals surface area contributed by atoms with Gasteiger partial charge in [-0.25, -0.2) is 4.98 Å². The Labute approximate surface area is 118 Å². The standard InChI is InChI=1S/C13H12F3N3O2/c1-17-10-6-11(19-12(18-10)13(14,15)16)21-9-4-2-3-8(5-9)7-20/h2-6,20H,7H2,1H3,(H,17,18,19). The number of nitrogens with zero attached hydrogens (tertiary/aromatic N) is 2. The molecule has 0 unspecified atom stereocenters. The van der Waals surface area contributed by atoms with Crippen molar-refractivity contribution in [3.8, 4) is 11.6 Å². The predicted molar refractivity (Wildman–Crippen MR) is 69.0 cm³/mol. The normalized spacial score (nSPS) is 11.3. The molecule has 21 heavy (non-hydrogen) atoms. The third kappa shape index (κ3) is 3.82. The van der Waals surface area contributed by atoms with Crippen LogP contribution in [0, 0.1) is 0 Å². The number of halogens is 3. The maximum atomic E-state index is 12.7. The van der Waals surface area contributed by atoms with Crippen LogP contribution >= 0.6 is 0 Å². The van der Waals surface area contributed by atoms with E-state index in [1.165, 1.54) is 19.2 Å². The van der Waals surface area contributed by atoms with Gasteiger partial charge in [0.25, 0.3) is 0 Å². The molecular formula is C13H12F3N3O2. The molecule has 0 saturated heterocycles. The van der Waals surface area contributed by atoms with E-state index in [-0.39, 0.29) is 24.1 Å². The van der Waals surface area contributed by atoms with Gasteiger partial charge in [0.1, 0.15) is 11.6 Å². The maximum Gasteiger partial charge on any atom is 0.451 e. The third-order valence-corrected chi connectivity index (χ3v) is 2.52. The van der Waals surface area contributed by atoms with E-state index in [2.05, 4.69) is 15.3 Å². The summed E-state index contributed by atoms with van der Waals surface area (Å²) in [4.78, 5) is 6.67. The number of nitrogens with one attached hydrogen (secondary N) is 1. The molecule has 0 fully saturated rings. The molecule has 0 amide bonds. The number of aliphatic hydroxyl groups is 1. The van der Waals surface area contributed by atoms with Crippen molar-refractivity contribution < 1.29 is 23.0 Å². The Bertz CT molecular complexity index is 632. The third-order valence-electron chi connectivity index (χ3n) is 2.52. The summed E-state index contributed by atoms with van der Waals surface area (Å²) in [6, 6.07) is 7.58. The van der Waals surface area contributed by atoms with Crippen LogP contribution in [0.3, 0.4) is 0 Å². The molecule has 8 heteroatoms. The Morgan fingerprint density at radius 2 is 2.00 bits per heavy atom. The molecule has 0 radical (unpaired) electrons. The van der Waals surface area contributed by atoms with E-state index in [1.54, 1.807) is 18.2 Å². The number of hydrogen-bond acceptors (Lipinski definition) is 5. The molecule has 0 saturated carbocycles.